The van der Waals surface area contributed by atoms with Crippen LogP contribution < -0.4 is 0 Å². The molecule has 0 bridgehead atoms. The van der Waals surface area contributed by atoms with Crippen LogP contribution in [0.2, 0.25) is 0 Å². The standard InChI is InChI=1S/C30H32O5S/c31-26(22-33-19-23-11-4-1-5-12-23)29(34-20-24-13-6-2-7-14-24)30(28(32)27-17-10-18-36-27)35-21-25-15-8-3-9-16-25/h1-18,26,28-32H,19-22H2/t26-,28?,29+,30+/m1/s1. The summed E-state index contributed by atoms with van der Waals surface area (Å²) in [5.74, 6) is 0. The molecular formula is C30H32O5S. The highest BCUT2D eigenvalue weighted by molar-refractivity contribution is 7.10. The van der Waals surface area contributed by atoms with Crippen molar-refractivity contribution in [1.29, 1.82) is 0 Å². The fourth-order valence-corrected chi connectivity index (χ4v) is 4.66. The maximum absolute atomic E-state index is 11.3. The van der Waals surface area contributed by atoms with Crippen molar-refractivity contribution in [2.75, 3.05) is 6.61 Å². The SMILES string of the molecule is OC(c1cccs1)[C@H](OCc1ccccc1)[C@@H](OCc1ccccc1)[C@H](O)COCc1ccccc1. The van der Waals surface area contributed by atoms with Crippen molar-refractivity contribution < 1.29 is 24.4 Å². The molecule has 4 atom stereocenters. The Morgan fingerprint density at radius 1 is 0.583 bits per heavy atom. The fourth-order valence-electron chi connectivity index (χ4n) is 3.91. The number of hydrogen-bond donors (Lipinski definition) is 2. The molecule has 0 aliphatic rings. The van der Waals surface area contributed by atoms with E-state index >= 15 is 0 Å². The molecular weight excluding hydrogens is 472 g/mol. The summed E-state index contributed by atoms with van der Waals surface area (Å²) in [7, 11) is 0. The zero-order chi connectivity index (χ0) is 25.0. The summed E-state index contributed by atoms with van der Waals surface area (Å²) in [6.07, 6.45) is -3.64. The predicted octanol–water partition coefficient (Wildman–Crippen LogP) is 5.53. The number of ether oxygens (including phenoxy) is 3. The van der Waals surface area contributed by atoms with Crippen molar-refractivity contribution in [3.63, 3.8) is 0 Å². The van der Waals surface area contributed by atoms with Gasteiger partial charge in [-0.1, -0.05) is 97.1 Å². The van der Waals surface area contributed by atoms with Crippen LogP contribution in [0.4, 0.5) is 0 Å². The highest BCUT2D eigenvalue weighted by atomic mass is 32.1. The van der Waals surface area contributed by atoms with E-state index in [-0.39, 0.29) is 19.8 Å². The zero-order valence-electron chi connectivity index (χ0n) is 20.1. The summed E-state index contributed by atoms with van der Waals surface area (Å²) in [6, 6.07) is 33.1. The number of hydrogen-bond acceptors (Lipinski definition) is 6. The molecule has 4 rings (SSSR count). The summed E-state index contributed by atoms with van der Waals surface area (Å²) in [5, 5.41) is 24.5. The summed E-state index contributed by atoms with van der Waals surface area (Å²) < 4.78 is 18.4. The molecule has 188 valence electrons. The molecule has 1 unspecified atom stereocenters. The number of thiophene rings is 1. The summed E-state index contributed by atoms with van der Waals surface area (Å²) in [5.41, 5.74) is 2.95. The lowest BCUT2D eigenvalue weighted by Crippen LogP contribution is -2.46. The maximum Gasteiger partial charge on any atom is 0.118 e. The van der Waals surface area contributed by atoms with Gasteiger partial charge in [0.25, 0.3) is 0 Å². The minimum Gasteiger partial charge on any atom is -0.388 e. The Hall–Kier alpha value is -2.84. The minimum atomic E-state index is -1.02. The molecule has 0 aliphatic carbocycles. The number of rotatable bonds is 14. The van der Waals surface area contributed by atoms with Crippen LogP contribution in [0.1, 0.15) is 27.7 Å². The van der Waals surface area contributed by atoms with Gasteiger partial charge in [0.15, 0.2) is 0 Å². The molecule has 1 aromatic heterocycles. The number of aliphatic hydroxyl groups excluding tert-OH is 2. The first-order valence-electron chi connectivity index (χ1n) is 12.0. The molecule has 0 saturated carbocycles. The van der Waals surface area contributed by atoms with Gasteiger partial charge in [0, 0.05) is 4.88 Å². The molecule has 5 nitrogen and oxygen atoms in total. The van der Waals surface area contributed by atoms with E-state index in [1.165, 1.54) is 11.3 Å². The van der Waals surface area contributed by atoms with E-state index in [0.29, 0.717) is 6.61 Å². The molecule has 0 amide bonds. The van der Waals surface area contributed by atoms with Gasteiger partial charge in [0.1, 0.15) is 24.4 Å². The van der Waals surface area contributed by atoms with Crippen molar-refractivity contribution in [2.24, 2.45) is 0 Å². The first-order chi connectivity index (χ1) is 17.7. The molecule has 0 aliphatic heterocycles. The lowest BCUT2D eigenvalue weighted by Gasteiger charge is -2.33. The summed E-state index contributed by atoms with van der Waals surface area (Å²) in [4.78, 5) is 0.749. The van der Waals surface area contributed by atoms with E-state index in [9.17, 15) is 10.2 Å². The van der Waals surface area contributed by atoms with E-state index in [2.05, 4.69) is 0 Å². The Kier molecular flexibility index (Phi) is 10.2. The van der Waals surface area contributed by atoms with E-state index in [1.54, 1.807) is 0 Å². The normalized spacial score (nSPS) is 14.7. The Labute approximate surface area is 216 Å². The van der Waals surface area contributed by atoms with Crippen LogP contribution in [-0.2, 0) is 34.0 Å². The Morgan fingerprint density at radius 3 is 1.58 bits per heavy atom. The van der Waals surface area contributed by atoms with Crippen molar-refractivity contribution in [2.45, 2.75) is 44.2 Å². The lowest BCUT2D eigenvalue weighted by molar-refractivity contribution is -0.176. The second kappa shape index (κ2) is 14.0. The Bertz CT molecular complexity index is 1110. The van der Waals surface area contributed by atoms with Gasteiger partial charge in [-0.05, 0) is 28.1 Å². The van der Waals surface area contributed by atoms with Gasteiger partial charge >= 0.3 is 0 Å². The van der Waals surface area contributed by atoms with Crippen LogP contribution >= 0.6 is 11.3 Å². The molecule has 1 heterocycles. The number of aliphatic hydroxyl groups is 2. The molecule has 2 N–H and O–H groups in total. The van der Waals surface area contributed by atoms with E-state index in [0.717, 1.165) is 21.6 Å². The third-order valence-corrected chi connectivity index (χ3v) is 6.76. The van der Waals surface area contributed by atoms with Crippen LogP contribution in [0.25, 0.3) is 0 Å². The van der Waals surface area contributed by atoms with Crippen LogP contribution in [0.5, 0.6) is 0 Å². The molecule has 36 heavy (non-hydrogen) atoms. The smallest absolute Gasteiger partial charge is 0.118 e. The van der Waals surface area contributed by atoms with Gasteiger partial charge in [-0.25, -0.2) is 0 Å². The quantitative estimate of drug-likeness (QED) is 0.236. The molecule has 4 aromatic rings. The van der Waals surface area contributed by atoms with Crippen LogP contribution in [0.15, 0.2) is 109 Å². The zero-order valence-corrected chi connectivity index (χ0v) is 20.9. The van der Waals surface area contributed by atoms with Gasteiger partial charge in [-0.15, -0.1) is 11.3 Å². The van der Waals surface area contributed by atoms with E-state index in [1.807, 2.05) is 109 Å². The first kappa shape index (κ1) is 26.2. The van der Waals surface area contributed by atoms with Gasteiger partial charge in [0.05, 0.1) is 26.4 Å². The van der Waals surface area contributed by atoms with E-state index in [4.69, 9.17) is 14.2 Å². The van der Waals surface area contributed by atoms with Gasteiger partial charge in [-0.2, -0.15) is 0 Å². The average molecular weight is 505 g/mol. The van der Waals surface area contributed by atoms with Gasteiger partial charge < -0.3 is 24.4 Å². The molecule has 0 fully saturated rings. The Balaban J connectivity index is 1.52. The highest BCUT2D eigenvalue weighted by Gasteiger charge is 2.37. The molecule has 0 spiro atoms. The average Bonchev–Trinajstić information content (AvgIpc) is 3.47. The summed E-state index contributed by atoms with van der Waals surface area (Å²) >= 11 is 1.44. The van der Waals surface area contributed by atoms with Gasteiger partial charge in [-0.3, -0.25) is 0 Å². The maximum atomic E-state index is 11.3. The monoisotopic (exact) mass is 504 g/mol. The van der Waals surface area contributed by atoms with Gasteiger partial charge in [0.2, 0.25) is 0 Å². The largest absolute Gasteiger partial charge is 0.388 e. The second-order valence-corrected chi connectivity index (χ2v) is 9.53. The van der Waals surface area contributed by atoms with Crippen LogP contribution in [0, 0.1) is 0 Å². The summed E-state index contributed by atoms with van der Waals surface area (Å²) in [6.45, 7) is 0.948. The highest BCUT2D eigenvalue weighted by Crippen LogP contribution is 2.29. The molecule has 3 aromatic carbocycles. The lowest BCUT2D eigenvalue weighted by atomic mass is 10.0. The number of benzene rings is 3. The fraction of sp³-hybridized carbons (Fsp3) is 0.267. The van der Waals surface area contributed by atoms with Crippen LogP contribution in [0.3, 0.4) is 0 Å². The van der Waals surface area contributed by atoms with Crippen molar-refractivity contribution in [1.82, 2.24) is 0 Å². The minimum absolute atomic E-state index is 0.0384. The van der Waals surface area contributed by atoms with E-state index < -0.39 is 24.4 Å². The third-order valence-electron chi connectivity index (χ3n) is 5.82. The van der Waals surface area contributed by atoms with Crippen molar-refractivity contribution in [3.05, 3.63) is 130 Å². The topological polar surface area (TPSA) is 68.2 Å². The molecule has 0 saturated heterocycles. The molecule has 6 heteroatoms. The first-order valence-corrected chi connectivity index (χ1v) is 12.9. The Morgan fingerprint density at radius 2 is 1.08 bits per heavy atom. The van der Waals surface area contributed by atoms with Crippen molar-refractivity contribution >= 4 is 11.3 Å². The third kappa shape index (κ3) is 7.83. The van der Waals surface area contributed by atoms with Crippen LogP contribution in [-0.4, -0.2) is 35.1 Å². The molecule has 0 radical (unpaired) electrons. The predicted molar refractivity (Wildman–Crippen MR) is 141 cm³/mol. The van der Waals surface area contributed by atoms with Crippen molar-refractivity contribution in [3.8, 4) is 0 Å². The second-order valence-electron chi connectivity index (χ2n) is 8.55.